The summed E-state index contributed by atoms with van der Waals surface area (Å²) in [7, 11) is 0. The molecule has 1 unspecified atom stereocenters. The Bertz CT molecular complexity index is 116. The number of carbonyl (C=O) groups is 1. The molecule has 0 aliphatic rings. The molecule has 10 heavy (non-hydrogen) atoms. The Morgan fingerprint density at radius 2 is 2.20 bits per heavy atom. The van der Waals surface area contributed by atoms with Gasteiger partial charge in [-0.3, -0.25) is 0 Å². The van der Waals surface area contributed by atoms with Crippen LogP contribution in [0.4, 0.5) is 0 Å². The first kappa shape index (κ1) is 9.95. The fourth-order valence-electron chi connectivity index (χ4n) is 0.388. The van der Waals surface area contributed by atoms with Crippen LogP contribution in [0.5, 0.6) is 0 Å². The van der Waals surface area contributed by atoms with Crippen LogP contribution in [0.2, 0.25) is 5.32 Å². The van der Waals surface area contributed by atoms with Gasteiger partial charge < -0.3 is 0 Å². The fraction of sp³-hybridized carbons (Fsp3) is 0.833. The van der Waals surface area contributed by atoms with Crippen molar-refractivity contribution in [2.45, 2.75) is 31.3 Å². The molecule has 0 aromatic carbocycles. The SMILES string of the molecule is CC(C)OC(=O)C(N)C[Se]. The average Bonchev–Trinajstić information content (AvgIpc) is 1.85. The topological polar surface area (TPSA) is 52.3 Å². The standard InChI is InChI=1S/C6H12NO2Se/c1-4(2)9-6(8)5(7)3-10/h4-5H,3,7H2,1-2H3. The molecule has 4 heteroatoms. The number of hydrogen-bond acceptors (Lipinski definition) is 3. The van der Waals surface area contributed by atoms with Crippen molar-refractivity contribution in [2.24, 2.45) is 5.73 Å². The molecule has 0 rings (SSSR count). The van der Waals surface area contributed by atoms with Crippen LogP contribution in [0.1, 0.15) is 13.8 Å². The summed E-state index contributed by atoms with van der Waals surface area (Å²) >= 11 is 2.67. The van der Waals surface area contributed by atoms with Gasteiger partial charge in [-0.05, 0) is 0 Å². The number of ether oxygens (including phenoxy) is 1. The molecular weight excluding hydrogens is 197 g/mol. The van der Waals surface area contributed by atoms with Gasteiger partial charge in [-0.2, -0.15) is 0 Å². The van der Waals surface area contributed by atoms with Crippen LogP contribution in [0.25, 0.3) is 0 Å². The average molecular weight is 209 g/mol. The number of nitrogens with two attached hydrogens (primary N) is 1. The summed E-state index contributed by atoms with van der Waals surface area (Å²) < 4.78 is 4.82. The molecule has 0 aromatic rings. The van der Waals surface area contributed by atoms with E-state index in [1.54, 1.807) is 13.8 Å². The van der Waals surface area contributed by atoms with Crippen molar-refractivity contribution in [1.82, 2.24) is 0 Å². The van der Waals surface area contributed by atoms with E-state index in [1.165, 1.54) is 0 Å². The van der Waals surface area contributed by atoms with Crippen molar-refractivity contribution >= 4 is 22.0 Å². The first-order chi connectivity index (χ1) is 4.57. The quantitative estimate of drug-likeness (QED) is 0.519. The number of carbonyl (C=O) groups excluding carboxylic acids is 1. The molecule has 59 valence electrons. The van der Waals surface area contributed by atoms with E-state index in [0.29, 0.717) is 5.32 Å². The third-order valence-corrected chi connectivity index (χ3v) is 1.59. The summed E-state index contributed by atoms with van der Waals surface area (Å²) in [6.07, 6.45) is -0.0786. The van der Waals surface area contributed by atoms with Gasteiger partial charge >= 0.3 is 68.6 Å². The minimum absolute atomic E-state index is 0.0786. The molecule has 0 aliphatic carbocycles. The maximum atomic E-state index is 10.8. The Balaban J connectivity index is 3.62. The van der Waals surface area contributed by atoms with Crippen LogP contribution in [0.15, 0.2) is 0 Å². The van der Waals surface area contributed by atoms with Crippen molar-refractivity contribution in [3.8, 4) is 0 Å². The monoisotopic (exact) mass is 210 g/mol. The summed E-state index contributed by atoms with van der Waals surface area (Å²) in [5, 5.41) is 0.506. The van der Waals surface area contributed by atoms with E-state index >= 15 is 0 Å². The van der Waals surface area contributed by atoms with E-state index < -0.39 is 6.04 Å². The molecule has 3 nitrogen and oxygen atoms in total. The van der Waals surface area contributed by atoms with E-state index in [2.05, 4.69) is 16.0 Å². The summed E-state index contributed by atoms with van der Waals surface area (Å²) in [4.78, 5) is 10.8. The summed E-state index contributed by atoms with van der Waals surface area (Å²) in [5.41, 5.74) is 5.36. The Labute approximate surface area is 69.1 Å². The molecule has 0 saturated carbocycles. The Morgan fingerprint density at radius 3 is 2.50 bits per heavy atom. The van der Waals surface area contributed by atoms with Crippen LogP contribution >= 0.6 is 0 Å². The Hall–Kier alpha value is -0.0505. The zero-order chi connectivity index (χ0) is 8.15. The molecule has 0 heterocycles. The van der Waals surface area contributed by atoms with Gasteiger partial charge in [-0.15, -0.1) is 0 Å². The van der Waals surface area contributed by atoms with Gasteiger partial charge in [0.25, 0.3) is 0 Å². The first-order valence-corrected chi connectivity index (χ1v) is 4.33. The van der Waals surface area contributed by atoms with E-state index in [1.807, 2.05) is 0 Å². The maximum absolute atomic E-state index is 10.8. The fourth-order valence-corrected chi connectivity index (χ4v) is 0.673. The Morgan fingerprint density at radius 1 is 1.70 bits per heavy atom. The van der Waals surface area contributed by atoms with Gasteiger partial charge in [-0.25, -0.2) is 0 Å². The van der Waals surface area contributed by atoms with Crippen molar-refractivity contribution in [3.05, 3.63) is 0 Å². The zero-order valence-corrected chi connectivity index (χ0v) is 7.88. The molecule has 0 bridgehead atoms. The van der Waals surface area contributed by atoms with Crippen molar-refractivity contribution in [1.29, 1.82) is 0 Å². The summed E-state index contributed by atoms with van der Waals surface area (Å²) in [6.45, 7) is 3.59. The molecule has 0 aromatic heterocycles. The summed E-state index contributed by atoms with van der Waals surface area (Å²) in [5.74, 6) is -0.339. The Kier molecular flexibility index (Phi) is 4.69. The molecule has 0 fully saturated rings. The number of hydrogen-bond donors (Lipinski definition) is 1. The second-order valence-electron chi connectivity index (χ2n) is 2.26. The second kappa shape index (κ2) is 4.72. The van der Waals surface area contributed by atoms with E-state index in [0.717, 1.165) is 0 Å². The number of rotatable bonds is 3. The minimum atomic E-state index is -0.512. The second-order valence-corrected chi connectivity index (χ2v) is 2.96. The third-order valence-electron chi connectivity index (χ3n) is 0.834. The summed E-state index contributed by atoms with van der Waals surface area (Å²) in [6, 6.07) is -0.512. The molecule has 1 radical (unpaired) electrons. The van der Waals surface area contributed by atoms with Crippen molar-refractivity contribution in [2.75, 3.05) is 0 Å². The van der Waals surface area contributed by atoms with Crippen LogP contribution in [-0.4, -0.2) is 34.1 Å². The molecule has 0 saturated heterocycles. The molecular formula is C6H12NO2Se. The molecule has 0 aliphatic heterocycles. The van der Waals surface area contributed by atoms with Crippen LogP contribution in [0, 0.1) is 0 Å². The van der Waals surface area contributed by atoms with E-state index in [4.69, 9.17) is 10.5 Å². The molecule has 1 atom stereocenters. The van der Waals surface area contributed by atoms with Gasteiger partial charge in [0.1, 0.15) is 0 Å². The van der Waals surface area contributed by atoms with E-state index in [-0.39, 0.29) is 12.1 Å². The van der Waals surface area contributed by atoms with Crippen LogP contribution in [-0.2, 0) is 9.53 Å². The van der Waals surface area contributed by atoms with Crippen LogP contribution in [0.3, 0.4) is 0 Å². The van der Waals surface area contributed by atoms with Gasteiger partial charge in [0, 0.05) is 0 Å². The van der Waals surface area contributed by atoms with Crippen molar-refractivity contribution < 1.29 is 9.53 Å². The number of esters is 1. The van der Waals surface area contributed by atoms with E-state index in [9.17, 15) is 4.79 Å². The zero-order valence-electron chi connectivity index (χ0n) is 6.16. The van der Waals surface area contributed by atoms with Gasteiger partial charge in [0.2, 0.25) is 0 Å². The first-order valence-electron chi connectivity index (χ1n) is 3.12. The van der Waals surface area contributed by atoms with Gasteiger partial charge in [0.05, 0.1) is 0 Å². The predicted octanol–water partition coefficient (Wildman–Crippen LogP) is -0.148. The van der Waals surface area contributed by atoms with Crippen LogP contribution < -0.4 is 5.73 Å². The molecule has 0 amide bonds. The predicted molar refractivity (Wildman–Crippen MR) is 39.8 cm³/mol. The van der Waals surface area contributed by atoms with Crippen molar-refractivity contribution in [3.63, 3.8) is 0 Å². The normalized spacial score (nSPS) is 13.3. The molecule has 2 N–H and O–H groups in total. The van der Waals surface area contributed by atoms with Gasteiger partial charge in [-0.1, -0.05) is 0 Å². The third kappa shape index (κ3) is 3.88. The molecule has 0 spiro atoms. The van der Waals surface area contributed by atoms with Gasteiger partial charge in [0.15, 0.2) is 0 Å².